The third-order valence-electron chi connectivity index (χ3n) is 2.93. The largest absolute Gasteiger partial charge is 0.394 e. The second kappa shape index (κ2) is 8.30. The number of ether oxygens (including phenoxy) is 1. The minimum atomic E-state index is -0.911. The van der Waals surface area contributed by atoms with Gasteiger partial charge in [0.2, 0.25) is 0 Å². The van der Waals surface area contributed by atoms with E-state index >= 15 is 0 Å². The number of carbonyl (C=O) groups excluding carboxylic acids is 3. The number of hydrogen-bond acceptors (Lipinski definition) is 6. The summed E-state index contributed by atoms with van der Waals surface area (Å²) in [7, 11) is 1.40. The van der Waals surface area contributed by atoms with Crippen LogP contribution in [0.4, 0.5) is 4.79 Å². The van der Waals surface area contributed by atoms with Crippen molar-refractivity contribution in [3.63, 3.8) is 0 Å². The number of allylic oxidation sites excluding steroid dienone is 3. The molecule has 0 aromatic carbocycles. The Morgan fingerprint density at radius 3 is 2.67 bits per heavy atom. The van der Waals surface area contributed by atoms with Crippen LogP contribution in [0.3, 0.4) is 0 Å². The molecule has 1 aliphatic rings. The van der Waals surface area contributed by atoms with Crippen molar-refractivity contribution >= 4 is 18.6 Å². The first-order valence-corrected chi connectivity index (χ1v) is 6.30. The Labute approximate surface area is 121 Å². The topological polar surface area (TPSA) is 116 Å². The molecule has 3 atom stereocenters. The van der Waals surface area contributed by atoms with Crippen LogP contribution in [-0.4, -0.2) is 65.8 Å². The second-order valence-electron chi connectivity index (χ2n) is 4.32. The molecule has 3 N–H and O–H groups in total. The minimum Gasteiger partial charge on any atom is -0.394 e. The Balaban J connectivity index is 2.98. The average Bonchev–Trinajstić information content (AvgIpc) is 2.87. The highest BCUT2D eigenvalue weighted by Gasteiger charge is 2.38. The van der Waals surface area contributed by atoms with E-state index in [9.17, 15) is 19.5 Å². The lowest BCUT2D eigenvalue weighted by Crippen LogP contribution is -2.42. The van der Waals surface area contributed by atoms with E-state index < -0.39 is 24.5 Å². The minimum absolute atomic E-state index is 0.0799. The number of hydrogen-bond donors (Lipinski definition) is 3. The van der Waals surface area contributed by atoms with E-state index in [1.165, 1.54) is 19.3 Å². The van der Waals surface area contributed by atoms with Crippen LogP contribution >= 0.6 is 0 Å². The van der Waals surface area contributed by atoms with Crippen molar-refractivity contribution in [3.05, 3.63) is 23.9 Å². The summed E-state index contributed by atoms with van der Waals surface area (Å²) in [6, 6.07) is -0.551. The molecule has 8 nitrogen and oxygen atoms in total. The lowest BCUT2D eigenvalue weighted by molar-refractivity contribution is -0.104. The molecule has 1 saturated heterocycles. The molecule has 0 bridgehead atoms. The number of nitrogens with zero attached hydrogens (tertiary/aromatic N) is 1. The van der Waals surface area contributed by atoms with Gasteiger partial charge in [-0.05, 0) is 12.2 Å². The lowest BCUT2D eigenvalue weighted by Gasteiger charge is -2.25. The molecule has 0 unspecified atom stereocenters. The molecule has 0 radical (unpaired) electrons. The molecule has 0 aliphatic carbocycles. The van der Waals surface area contributed by atoms with Gasteiger partial charge in [0.05, 0.1) is 12.7 Å². The molecular formula is C13H18N2O6. The molecule has 21 heavy (non-hydrogen) atoms. The molecule has 0 aromatic rings. The summed E-state index contributed by atoms with van der Waals surface area (Å²) >= 11 is 0. The molecule has 1 rings (SSSR count). The Morgan fingerprint density at radius 1 is 1.48 bits per heavy atom. The van der Waals surface area contributed by atoms with E-state index in [1.807, 2.05) is 0 Å². The van der Waals surface area contributed by atoms with Crippen molar-refractivity contribution in [1.82, 2.24) is 10.2 Å². The predicted molar refractivity (Wildman–Crippen MR) is 72.0 cm³/mol. The maximum absolute atomic E-state index is 11.9. The van der Waals surface area contributed by atoms with Gasteiger partial charge in [-0.1, -0.05) is 0 Å². The van der Waals surface area contributed by atoms with Gasteiger partial charge in [0.25, 0.3) is 0 Å². The van der Waals surface area contributed by atoms with Gasteiger partial charge >= 0.3 is 6.03 Å². The SMILES string of the molecule is CNC(=O)N(/C=C(C=O)/C=C/C=O)[C@H]1C[C@H](O)[C@@H](CO)O1. The van der Waals surface area contributed by atoms with E-state index in [2.05, 4.69) is 5.32 Å². The van der Waals surface area contributed by atoms with Gasteiger partial charge in [-0.15, -0.1) is 0 Å². The normalized spacial score (nSPS) is 25.9. The van der Waals surface area contributed by atoms with Crippen LogP contribution in [0.25, 0.3) is 0 Å². The molecule has 0 spiro atoms. The Bertz CT molecular complexity index is 448. The number of rotatable bonds is 6. The Kier molecular flexibility index (Phi) is 6.73. The number of aldehydes is 2. The smallest absolute Gasteiger partial charge is 0.323 e. The number of carbonyl (C=O) groups is 3. The zero-order chi connectivity index (χ0) is 15.8. The predicted octanol–water partition coefficient (Wildman–Crippen LogP) is -1.07. The molecule has 0 saturated carbocycles. The van der Waals surface area contributed by atoms with Gasteiger partial charge in [-0.25, -0.2) is 4.79 Å². The van der Waals surface area contributed by atoms with Crippen molar-refractivity contribution in [2.24, 2.45) is 0 Å². The summed E-state index contributed by atoms with van der Waals surface area (Å²) in [5.74, 6) is 0. The van der Waals surface area contributed by atoms with Gasteiger partial charge in [-0.2, -0.15) is 0 Å². The van der Waals surface area contributed by atoms with Crippen LogP contribution in [0.2, 0.25) is 0 Å². The maximum atomic E-state index is 11.9. The molecule has 1 heterocycles. The highest BCUT2D eigenvalue weighted by molar-refractivity contribution is 5.82. The van der Waals surface area contributed by atoms with E-state index in [-0.39, 0.29) is 18.6 Å². The molecule has 1 aliphatic heterocycles. The Hall–Kier alpha value is -2.03. The van der Waals surface area contributed by atoms with Gasteiger partial charge in [0.1, 0.15) is 18.6 Å². The zero-order valence-electron chi connectivity index (χ0n) is 11.5. The molecule has 1 fully saturated rings. The van der Waals surface area contributed by atoms with Crippen molar-refractivity contribution in [1.29, 1.82) is 0 Å². The van der Waals surface area contributed by atoms with Gasteiger partial charge < -0.3 is 20.3 Å². The molecule has 116 valence electrons. The number of urea groups is 1. The number of nitrogens with one attached hydrogen (secondary N) is 1. The van der Waals surface area contributed by atoms with Gasteiger partial charge in [0.15, 0.2) is 6.29 Å². The summed E-state index contributed by atoms with van der Waals surface area (Å²) in [6.45, 7) is -0.380. The number of amides is 2. The van der Waals surface area contributed by atoms with E-state index in [0.717, 1.165) is 11.0 Å². The monoisotopic (exact) mass is 298 g/mol. The van der Waals surface area contributed by atoms with E-state index in [4.69, 9.17) is 9.84 Å². The summed E-state index contributed by atoms with van der Waals surface area (Å²) in [5, 5.41) is 21.1. The summed E-state index contributed by atoms with van der Waals surface area (Å²) < 4.78 is 5.37. The van der Waals surface area contributed by atoms with Crippen molar-refractivity contribution < 1.29 is 29.3 Å². The Morgan fingerprint density at radius 2 is 2.19 bits per heavy atom. The molecule has 0 aromatic heterocycles. The second-order valence-corrected chi connectivity index (χ2v) is 4.32. The van der Waals surface area contributed by atoms with Crippen molar-refractivity contribution in [2.45, 2.75) is 24.9 Å². The summed E-state index contributed by atoms with van der Waals surface area (Å²) in [5.41, 5.74) is 0.0799. The third kappa shape index (κ3) is 4.48. The third-order valence-corrected chi connectivity index (χ3v) is 2.93. The molecule has 2 amide bonds. The fraction of sp³-hybridized carbons (Fsp3) is 0.462. The van der Waals surface area contributed by atoms with Gasteiger partial charge in [0, 0.05) is 25.2 Å². The van der Waals surface area contributed by atoms with Crippen LogP contribution in [0, 0.1) is 0 Å². The fourth-order valence-corrected chi connectivity index (χ4v) is 1.88. The standard InChI is InChI=1S/C13H18N2O6/c1-14-13(20)15(6-9(7-17)3-2-4-16)12-5-10(19)11(8-18)21-12/h2-4,6-7,10-12,18-19H,5,8H2,1H3,(H,14,20)/b3-2+,9-6-/t10-,11+,12+/m0/s1. The highest BCUT2D eigenvalue weighted by Crippen LogP contribution is 2.24. The van der Waals surface area contributed by atoms with Crippen LogP contribution < -0.4 is 5.32 Å². The molecule has 8 heteroatoms. The summed E-state index contributed by atoms with van der Waals surface area (Å²) in [4.78, 5) is 34.2. The van der Waals surface area contributed by atoms with E-state index in [1.54, 1.807) is 0 Å². The maximum Gasteiger partial charge on any atom is 0.323 e. The van der Waals surface area contributed by atoms with Crippen LogP contribution in [0.5, 0.6) is 0 Å². The van der Waals surface area contributed by atoms with Gasteiger partial charge in [-0.3, -0.25) is 14.5 Å². The first-order chi connectivity index (χ1) is 10.1. The number of aliphatic hydroxyl groups is 2. The lowest BCUT2D eigenvalue weighted by atomic mass is 10.2. The van der Waals surface area contributed by atoms with Crippen molar-refractivity contribution in [2.75, 3.05) is 13.7 Å². The zero-order valence-corrected chi connectivity index (χ0v) is 11.5. The van der Waals surface area contributed by atoms with Crippen molar-refractivity contribution in [3.8, 4) is 0 Å². The quantitative estimate of drug-likeness (QED) is 0.327. The first-order valence-electron chi connectivity index (χ1n) is 6.30. The summed E-state index contributed by atoms with van der Waals surface area (Å²) in [6.07, 6.45) is 2.11. The average molecular weight is 298 g/mol. The van der Waals surface area contributed by atoms with Crippen LogP contribution in [-0.2, 0) is 14.3 Å². The van der Waals surface area contributed by atoms with Crippen LogP contribution in [0.1, 0.15) is 6.42 Å². The highest BCUT2D eigenvalue weighted by atomic mass is 16.5. The molecular weight excluding hydrogens is 280 g/mol. The van der Waals surface area contributed by atoms with E-state index in [0.29, 0.717) is 12.6 Å². The first kappa shape index (κ1) is 17.0. The number of aliphatic hydroxyl groups excluding tert-OH is 2. The fourth-order valence-electron chi connectivity index (χ4n) is 1.88. The van der Waals surface area contributed by atoms with Crippen LogP contribution in [0.15, 0.2) is 23.9 Å².